The molecule has 0 N–H and O–H groups in total. The maximum absolute atomic E-state index is 10.0. The first-order chi connectivity index (χ1) is 10.2. The van der Waals surface area contributed by atoms with E-state index in [9.17, 15) is 4.79 Å². The SMILES string of the molecule is [CH-]=C/C=C/C/C=C/C/C=C/CCCCC.[CH2-]CCC(C)=O.[Y+3]. The average Bonchev–Trinajstić information content (AvgIpc) is 2.45. The number of ketones is 1. The maximum atomic E-state index is 10.0. The zero-order valence-corrected chi connectivity index (χ0v) is 17.3. The minimum absolute atomic E-state index is 0. The Morgan fingerprint density at radius 2 is 1.64 bits per heavy atom. The second-order valence-electron chi connectivity index (χ2n) is 4.84. The predicted molar refractivity (Wildman–Crippen MR) is 94.9 cm³/mol. The molecular formula is C20H32OY+. The third-order valence-corrected chi connectivity index (χ3v) is 2.63. The van der Waals surface area contributed by atoms with Crippen LogP contribution in [-0.4, -0.2) is 5.78 Å². The molecule has 22 heavy (non-hydrogen) atoms. The second kappa shape index (κ2) is 25.7. The minimum Gasteiger partial charge on any atom is -0.343 e. The third-order valence-electron chi connectivity index (χ3n) is 2.63. The molecule has 0 rings (SSSR count). The molecule has 0 bridgehead atoms. The zero-order chi connectivity index (χ0) is 16.2. The number of allylic oxidation sites excluding steroid dienone is 7. The van der Waals surface area contributed by atoms with E-state index in [1.165, 1.54) is 25.7 Å². The van der Waals surface area contributed by atoms with E-state index in [4.69, 9.17) is 6.58 Å². The van der Waals surface area contributed by atoms with Crippen molar-refractivity contribution in [3.8, 4) is 0 Å². The summed E-state index contributed by atoms with van der Waals surface area (Å²) in [6.07, 6.45) is 22.9. The number of unbranched alkanes of at least 4 members (excludes halogenated alkanes) is 3. The van der Waals surface area contributed by atoms with Crippen molar-refractivity contribution in [2.75, 3.05) is 0 Å². The maximum Gasteiger partial charge on any atom is 3.00 e. The van der Waals surface area contributed by atoms with Crippen molar-refractivity contribution in [2.24, 2.45) is 0 Å². The first kappa shape index (κ1) is 26.6. The van der Waals surface area contributed by atoms with E-state index in [2.05, 4.69) is 38.2 Å². The Kier molecular flexibility index (Phi) is 31.1. The van der Waals surface area contributed by atoms with Gasteiger partial charge in [-0.2, -0.15) is 12.5 Å². The number of carbonyl (C=O) groups excluding carboxylic acids is 1. The van der Waals surface area contributed by atoms with Crippen LogP contribution < -0.4 is 0 Å². The second-order valence-corrected chi connectivity index (χ2v) is 4.84. The summed E-state index contributed by atoms with van der Waals surface area (Å²) >= 11 is 0. The summed E-state index contributed by atoms with van der Waals surface area (Å²) in [5, 5.41) is 0. The van der Waals surface area contributed by atoms with Gasteiger partial charge in [-0.1, -0.05) is 44.1 Å². The van der Waals surface area contributed by atoms with Crippen LogP contribution in [0.4, 0.5) is 0 Å². The molecule has 0 fully saturated rings. The Morgan fingerprint density at radius 1 is 1.05 bits per heavy atom. The van der Waals surface area contributed by atoms with Gasteiger partial charge in [-0.3, -0.25) is 6.58 Å². The van der Waals surface area contributed by atoms with Crippen molar-refractivity contribution >= 4 is 5.78 Å². The Hall–Kier alpha value is -0.266. The molecule has 0 atom stereocenters. The Labute approximate surface area is 163 Å². The fraction of sp³-hybridized carbons (Fsp3) is 0.500. The average molecular weight is 377 g/mol. The number of Topliss-reactive ketones (excluding diaryl/α,β-unsaturated/α-hetero) is 1. The zero-order valence-electron chi connectivity index (χ0n) is 14.5. The van der Waals surface area contributed by atoms with Crippen molar-refractivity contribution in [3.63, 3.8) is 0 Å². The summed E-state index contributed by atoms with van der Waals surface area (Å²) < 4.78 is 0. The van der Waals surface area contributed by atoms with Gasteiger partial charge in [0.25, 0.3) is 0 Å². The summed E-state index contributed by atoms with van der Waals surface area (Å²) in [5.74, 6) is 0.227. The quantitative estimate of drug-likeness (QED) is 0.182. The molecule has 0 radical (unpaired) electrons. The van der Waals surface area contributed by atoms with Crippen molar-refractivity contribution < 1.29 is 37.5 Å². The molecule has 0 aliphatic rings. The molecule has 0 amide bonds. The van der Waals surface area contributed by atoms with Gasteiger partial charge in [0.2, 0.25) is 0 Å². The van der Waals surface area contributed by atoms with Crippen molar-refractivity contribution in [3.05, 3.63) is 56.0 Å². The minimum atomic E-state index is 0. The van der Waals surface area contributed by atoms with Crippen LogP contribution in [0.3, 0.4) is 0 Å². The third kappa shape index (κ3) is 31.9. The van der Waals surface area contributed by atoms with Gasteiger partial charge in [0, 0.05) is 0 Å². The topological polar surface area (TPSA) is 17.1 Å². The normalized spacial score (nSPS) is 10.5. The summed E-state index contributed by atoms with van der Waals surface area (Å²) in [5.41, 5.74) is 0. The van der Waals surface area contributed by atoms with Gasteiger partial charge in [-0.05, 0) is 39.0 Å². The van der Waals surface area contributed by atoms with E-state index in [-0.39, 0.29) is 38.5 Å². The van der Waals surface area contributed by atoms with E-state index in [0.717, 1.165) is 19.3 Å². The summed E-state index contributed by atoms with van der Waals surface area (Å²) in [7, 11) is 0. The smallest absolute Gasteiger partial charge is 0.343 e. The largest absolute Gasteiger partial charge is 3.00 e. The molecule has 1 nitrogen and oxygen atoms in total. The van der Waals surface area contributed by atoms with Gasteiger partial charge in [-0.15, -0.1) is 0 Å². The van der Waals surface area contributed by atoms with Crippen LogP contribution in [0.25, 0.3) is 0 Å². The van der Waals surface area contributed by atoms with Gasteiger partial charge in [0.15, 0.2) is 0 Å². The van der Waals surface area contributed by atoms with E-state index in [1.54, 1.807) is 13.0 Å². The van der Waals surface area contributed by atoms with Crippen molar-refractivity contribution in [1.82, 2.24) is 0 Å². The molecule has 0 saturated carbocycles. The van der Waals surface area contributed by atoms with E-state index in [0.29, 0.717) is 6.42 Å². The van der Waals surface area contributed by atoms with Gasteiger partial charge in [-0.25, -0.2) is 12.2 Å². The summed E-state index contributed by atoms with van der Waals surface area (Å²) in [6.45, 7) is 12.5. The van der Waals surface area contributed by atoms with E-state index < -0.39 is 0 Å². The van der Waals surface area contributed by atoms with Crippen LogP contribution in [0.5, 0.6) is 0 Å². The molecule has 0 aromatic heterocycles. The Balaban J connectivity index is -0.000000439. The molecule has 0 aliphatic carbocycles. The summed E-state index contributed by atoms with van der Waals surface area (Å²) in [4.78, 5) is 10.0. The Bertz CT molecular complexity index is 314. The molecule has 0 saturated heterocycles. The monoisotopic (exact) mass is 377 g/mol. The van der Waals surface area contributed by atoms with E-state index in [1.807, 2.05) is 12.2 Å². The molecule has 0 aliphatic heterocycles. The number of rotatable bonds is 11. The molecule has 0 aromatic carbocycles. The molecule has 120 valence electrons. The van der Waals surface area contributed by atoms with Crippen LogP contribution in [0.1, 0.15) is 65.2 Å². The molecular weight excluding hydrogens is 345 g/mol. The van der Waals surface area contributed by atoms with Crippen molar-refractivity contribution in [1.29, 1.82) is 0 Å². The first-order valence-corrected chi connectivity index (χ1v) is 7.97. The standard InChI is InChI=1S/C15H23.C5H9O.Y/c1-3-5-7-9-11-13-15-14-12-10-8-6-4-2;1-3-4-5(2)6;/h1,3,5,7,11-14H,4,6,8-10,15H2,2H3;1,3-4H2,2H3;/q2*-1;+3/b7-5+,13-11+,14-12+;;. The van der Waals surface area contributed by atoms with Crippen LogP contribution in [0.2, 0.25) is 0 Å². The van der Waals surface area contributed by atoms with Gasteiger partial charge >= 0.3 is 32.7 Å². The molecule has 2 heteroatoms. The van der Waals surface area contributed by atoms with Crippen LogP contribution in [-0.2, 0) is 37.5 Å². The predicted octanol–water partition coefficient (Wildman–Crippen LogP) is 6.19. The van der Waals surface area contributed by atoms with Crippen molar-refractivity contribution in [2.45, 2.75) is 65.2 Å². The molecule has 0 spiro atoms. The van der Waals surface area contributed by atoms with Gasteiger partial charge < -0.3 is 11.7 Å². The van der Waals surface area contributed by atoms with Crippen LogP contribution >= 0.6 is 0 Å². The fourth-order valence-corrected chi connectivity index (χ4v) is 1.48. The van der Waals surface area contributed by atoms with Gasteiger partial charge in [0.05, 0.1) is 0 Å². The van der Waals surface area contributed by atoms with Crippen LogP contribution in [0.15, 0.2) is 42.5 Å². The number of hydrogen-bond donors (Lipinski definition) is 0. The fourth-order valence-electron chi connectivity index (χ4n) is 1.48. The molecule has 0 aromatic rings. The molecule has 0 unspecified atom stereocenters. The summed E-state index contributed by atoms with van der Waals surface area (Å²) in [6, 6.07) is 0. The van der Waals surface area contributed by atoms with Gasteiger partial charge in [0.1, 0.15) is 5.78 Å². The number of carbonyl (C=O) groups is 1. The van der Waals surface area contributed by atoms with E-state index >= 15 is 0 Å². The van der Waals surface area contributed by atoms with Crippen LogP contribution in [0, 0.1) is 13.5 Å². The molecule has 0 heterocycles. The first-order valence-electron chi connectivity index (χ1n) is 7.97. The number of hydrogen-bond acceptors (Lipinski definition) is 1. The Morgan fingerprint density at radius 3 is 2.09 bits per heavy atom.